The lowest BCUT2D eigenvalue weighted by Gasteiger charge is -2.36. The van der Waals surface area contributed by atoms with Gasteiger partial charge in [0.2, 0.25) is 0 Å². The first-order valence-corrected chi connectivity index (χ1v) is 11.0. The van der Waals surface area contributed by atoms with E-state index in [1.807, 2.05) is 26.0 Å². The van der Waals surface area contributed by atoms with Crippen LogP contribution in [0.5, 0.6) is 0 Å². The van der Waals surface area contributed by atoms with Crippen molar-refractivity contribution in [2.45, 2.75) is 13.8 Å². The molecular formula is C25H28FN7. The zero-order valence-electron chi connectivity index (χ0n) is 18.9. The highest BCUT2D eigenvalue weighted by Crippen LogP contribution is 2.27. The average Bonchev–Trinajstić information content (AvgIpc) is 2.84. The summed E-state index contributed by atoms with van der Waals surface area (Å²) in [4.78, 5) is 17.7. The topological polar surface area (TPSA) is 81.0 Å². The summed E-state index contributed by atoms with van der Waals surface area (Å²) in [6.07, 6.45) is 6.86. The van der Waals surface area contributed by atoms with Crippen LogP contribution < -0.4 is 10.2 Å². The van der Waals surface area contributed by atoms with Crippen molar-refractivity contribution in [2.75, 3.05) is 42.9 Å². The lowest BCUT2D eigenvalue weighted by Crippen LogP contribution is -2.47. The van der Waals surface area contributed by atoms with E-state index in [-0.39, 0.29) is 5.82 Å². The van der Waals surface area contributed by atoms with Crippen molar-refractivity contribution in [3.63, 3.8) is 0 Å². The number of benzene rings is 1. The van der Waals surface area contributed by atoms with E-state index >= 15 is 0 Å². The van der Waals surface area contributed by atoms with E-state index in [2.05, 4.69) is 30.1 Å². The molecule has 1 saturated heterocycles. The molecule has 7 nitrogen and oxygen atoms in total. The predicted molar refractivity (Wildman–Crippen MR) is 130 cm³/mol. The summed E-state index contributed by atoms with van der Waals surface area (Å²) in [7, 11) is 0. The molecule has 2 aromatic heterocycles. The molecule has 8 heteroatoms. The van der Waals surface area contributed by atoms with Crippen LogP contribution in [0.3, 0.4) is 0 Å². The molecule has 1 aliphatic rings. The van der Waals surface area contributed by atoms with Gasteiger partial charge in [-0.05, 0) is 50.2 Å². The fourth-order valence-corrected chi connectivity index (χ4v) is 3.96. The number of pyridine rings is 1. The van der Waals surface area contributed by atoms with Crippen LogP contribution in [0.2, 0.25) is 0 Å². The molecule has 0 unspecified atom stereocenters. The van der Waals surface area contributed by atoms with Crippen LogP contribution in [0.4, 0.5) is 15.9 Å². The summed E-state index contributed by atoms with van der Waals surface area (Å²) >= 11 is 0. The Morgan fingerprint density at radius 1 is 0.939 bits per heavy atom. The van der Waals surface area contributed by atoms with E-state index in [1.165, 1.54) is 12.1 Å². The second-order valence-electron chi connectivity index (χ2n) is 8.09. The number of aromatic nitrogens is 3. The number of nitrogens with zero attached hydrogens (tertiary/aromatic N) is 5. The van der Waals surface area contributed by atoms with Crippen LogP contribution in [-0.4, -0.2) is 58.3 Å². The SMILES string of the molecule is CC(=N)/C(CN1CCN(c2nccnc2-c2ccc(F)cc2)CC1)=C(/C)Nc1ccncc1. The molecule has 2 N–H and O–H groups in total. The van der Waals surface area contributed by atoms with Crippen molar-refractivity contribution in [1.29, 1.82) is 5.41 Å². The normalized spacial score (nSPS) is 15.2. The Hall–Kier alpha value is -3.65. The molecule has 1 aromatic carbocycles. The van der Waals surface area contributed by atoms with Crippen LogP contribution in [0, 0.1) is 11.2 Å². The summed E-state index contributed by atoms with van der Waals surface area (Å²) in [6.45, 7) is 7.84. The van der Waals surface area contributed by atoms with E-state index in [0.29, 0.717) is 12.3 Å². The van der Waals surface area contributed by atoms with Crippen LogP contribution in [-0.2, 0) is 0 Å². The fourth-order valence-electron chi connectivity index (χ4n) is 3.96. The van der Waals surface area contributed by atoms with Crippen molar-refractivity contribution >= 4 is 17.2 Å². The third-order valence-corrected chi connectivity index (χ3v) is 5.77. The maximum Gasteiger partial charge on any atom is 0.155 e. The van der Waals surface area contributed by atoms with Gasteiger partial charge in [0.1, 0.15) is 11.5 Å². The highest BCUT2D eigenvalue weighted by Gasteiger charge is 2.23. The van der Waals surface area contributed by atoms with Crippen molar-refractivity contribution in [3.8, 4) is 11.3 Å². The van der Waals surface area contributed by atoms with Crippen molar-refractivity contribution in [2.24, 2.45) is 0 Å². The van der Waals surface area contributed by atoms with Gasteiger partial charge in [-0.1, -0.05) is 0 Å². The number of anilines is 2. The third kappa shape index (κ3) is 5.59. The second kappa shape index (κ2) is 10.3. The molecule has 1 aliphatic heterocycles. The minimum absolute atomic E-state index is 0.267. The van der Waals surface area contributed by atoms with Gasteiger partial charge < -0.3 is 15.6 Å². The first kappa shape index (κ1) is 22.5. The van der Waals surface area contributed by atoms with E-state index in [0.717, 1.165) is 60.2 Å². The van der Waals surface area contributed by atoms with Gasteiger partial charge in [-0.2, -0.15) is 0 Å². The number of hydrogen-bond acceptors (Lipinski definition) is 7. The van der Waals surface area contributed by atoms with Gasteiger partial charge in [-0.25, -0.2) is 9.37 Å². The summed E-state index contributed by atoms with van der Waals surface area (Å²) in [5.41, 5.74) is 5.10. The van der Waals surface area contributed by atoms with E-state index < -0.39 is 0 Å². The minimum atomic E-state index is -0.267. The molecular weight excluding hydrogens is 417 g/mol. The van der Waals surface area contributed by atoms with E-state index in [1.54, 1.807) is 36.9 Å². The second-order valence-corrected chi connectivity index (χ2v) is 8.09. The van der Waals surface area contributed by atoms with Gasteiger partial charge in [0, 0.05) is 85.7 Å². The lowest BCUT2D eigenvalue weighted by atomic mass is 10.1. The Morgan fingerprint density at radius 2 is 1.61 bits per heavy atom. The van der Waals surface area contributed by atoms with Crippen LogP contribution in [0.1, 0.15) is 13.8 Å². The molecule has 0 saturated carbocycles. The molecule has 0 radical (unpaired) electrons. The maximum atomic E-state index is 13.4. The maximum absolute atomic E-state index is 13.4. The molecule has 3 aromatic rings. The Labute approximate surface area is 193 Å². The summed E-state index contributed by atoms with van der Waals surface area (Å²) < 4.78 is 13.4. The quantitative estimate of drug-likeness (QED) is 0.530. The summed E-state index contributed by atoms with van der Waals surface area (Å²) in [5, 5.41) is 11.7. The highest BCUT2D eigenvalue weighted by molar-refractivity contribution is 5.97. The monoisotopic (exact) mass is 445 g/mol. The minimum Gasteiger partial charge on any atom is -0.359 e. The number of piperazine rings is 1. The van der Waals surface area contributed by atoms with Gasteiger partial charge >= 0.3 is 0 Å². The third-order valence-electron chi connectivity index (χ3n) is 5.77. The van der Waals surface area contributed by atoms with Crippen molar-refractivity contribution in [1.82, 2.24) is 19.9 Å². The molecule has 3 heterocycles. The van der Waals surface area contributed by atoms with Gasteiger partial charge in [0.05, 0.1) is 0 Å². The molecule has 0 spiro atoms. The summed E-state index contributed by atoms with van der Waals surface area (Å²) in [6, 6.07) is 10.2. The number of halogens is 1. The molecule has 33 heavy (non-hydrogen) atoms. The number of rotatable bonds is 7. The predicted octanol–water partition coefficient (Wildman–Crippen LogP) is 4.23. The lowest BCUT2D eigenvalue weighted by molar-refractivity contribution is 0.280. The zero-order valence-corrected chi connectivity index (χ0v) is 18.9. The smallest absolute Gasteiger partial charge is 0.155 e. The van der Waals surface area contributed by atoms with Crippen molar-refractivity contribution in [3.05, 3.63) is 78.3 Å². The standard InChI is InChI=1S/C25H28FN7/c1-18(27)23(19(2)31-22-7-9-28-10-8-22)17-32-13-15-33(16-14-32)25-24(29-11-12-30-25)20-3-5-21(26)6-4-20/h3-12,27H,13-17H2,1-2H3,(H,28,31)/b23-19-,27-18?. The van der Waals surface area contributed by atoms with Gasteiger partial charge in [0.15, 0.2) is 5.82 Å². The Kier molecular flexibility index (Phi) is 7.04. The molecule has 1 fully saturated rings. The van der Waals surface area contributed by atoms with Gasteiger partial charge in [-0.15, -0.1) is 0 Å². The van der Waals surface area contributed by atoms with Crippen LogP contribution >= 0.6 is 0 Å². The molecule has 0 aliphatic carbocycles. The fraction of sp³-hybridized carbons (Fsp3) is 0.280. The molecule has 0 bridgehead atoms. The molecule has 0 amide bonds. The van der Waals surface area contributed by atoms with E-state index in [9.17, 15) is 4.39 Å². The number of hydrogen-bond donors (Lipinski definition) is 2. The van der Waals surface area contributed by atoms with Crippen LogP contribution in [0.25, 0.3) is 11.3 Å². The average molecular weight is 446 g/mol. The Morgan fingerprint density at radius 3 is 2.27 bits per heavy atom. The summed E-state index contributed by atoms with van der Waals surface area (Å²) in [5.74, 6) is 0.551. The van der Waals surface area contributed by atoms with Gasteiger partial charge in [0.25, 0.3) is 0 Å². The Balaban J connectivity index is 1.44. The molecule has 4 rings (SSSR count). The van der Waals surface area contributed by atoms with Crippen LogP contribution in [0.15, 0.2) is 72.5 Å². The molecule has 170 valence electrons. The highest BCUT2D eigenvalue weighted by atomic mass is 19.1. The zero-order chi connectivity index (χ0) is 23.2. The van der Waals surface area contributed by atoms with Crippen molar-refractivity contribution < 1.29 is 4.39 Å². The number of nitrogens with one attached hydrogen (secondary N) is 2. The first-order chi connectivity index (χ1) is 16.0. The Bertz CT molecular complexity index is 1120. The first-order valence-electron chi connectivity index (χ1n) is 11.0. The van der Waals surface area contributed by atoms with Gasteiger partial charge in [-0.3, -0.25) is 14.9 Å². The van der Waals surface area contributed by atoms with E-state index in [4.69, 9.17) is 5.41 Å². The largest absolute Gasteiger partial charge is 0.359 e. The molecule has 0 atom stereocenters. The number of allylic oxidation sites excluding steroid dienone is 1.